The quantitative estimate of drug-likeness (QED) is 0.677. The molecule has 1 fully saturated rings. The molecular formula is C15H29N3O4. The highest BCUT2D eigenvalue weighted by Gasteiger charge is 2.15. The first kappa shape index (κ1) is 18.7. The van der Waals surface area contributed by atoms with E-state index in [-0.39, 0.29) is 5.91 Å². The van der Waals surface area contributed by atoms with E-state index < -0.39 is 11.7 Å². The molecule has 7 nitrogen and oxygen atoms in total. The number of morpholine rings is 1. The van der Waals surface area contributed by atoms with Crippen LogP contribution in [0.15, 0.2) is 0 Å². The second-order valence-electron chi connectivity index (χ2n) is 6.34. The smallest absolute Gasteiger partial charge is 0.407 e. The van der Waals surface area contributed by atoms with Gasteiger partial charge in [0.1, 0.15) is 5.60 Å². The standard InChI is InChI=1S/C15H29N3O4/c1-15(2,3)22-14(20)17-6-4-5-13(19)16-7-8-18-9-11-21-12-10-18/h4-12H2,1-3H3,(H,16,19)(H,17,20). The van der Waals surface area contributed by atoms with Crippen LogP contribution in [0.3, 0.4) is 0 Å². The van der Waals surface area contributed by atoms with Gasteiger partial charge in [-0.25, -0.2) is 4.79 Å². The van der Waals surface area contributed by atoms with Crippen LogP contribution in [-0.2, 0) is 14.3 Å². The molecule has 0 spiro atoms. The van der Waals surface area contributed by atoms with Crippen molar-refractivity contribution in [2.45, 2.75) is 39.2 Å². The molecule has 0 aromatic carbocycles. The van der Waals surface area contributed by atoms with Gasteiger partial charge in [0.05, 0.1) is 13.2 Å². The van der Waals surface area contributed by atoms with Crippen LogP contribution in [0.1, 0.15) is 33.6 Å². The van der Waals surface area contributed by atoms with E-state index in [1.54, 1.807) is 0 Å². The molecule has 0 saturated carbocycles. The maximum Gasteiger partial charge on any atom is 0.407 e. The van der Waals surface area contributed by atoms with Gasteiger partial charge >= 0.3 is 6.09 Å². The van der Waals surface area contributed by atoms with Crippen molar-refractivity contribution in [1.82, 2.24) is 15.5 Å². The highest BCUT2D eigenvalue weighted by atomic mass is 16.6. The number of carbonyl (C=O) groups excluding carboxylic acids is 2. The molecule has 0 unspecified atom stereocenters. The highest BCUT2D eigenvalue weighted by Crippen LogP contribution is 2.06. The Kier molecular flexibility index (Phi) is 8.19. The Morgan fingerprint density at radius 3 is 2.45 bits per heavy atom. The van der Waals surface area contributed by atoms with Crippen molar-refractivity contribution < 1.29 is 19.1 Å². The van der Waals surface area contributed by atoms with Crippen molar-refractivity contribution in [3.05, 3.63) is 0 Å². The molecule has 22 heavy (non-hydrogen) atoms. The van der Waals surface area contributed by atoms with E-state index in [0.717, 1.165) is 32.8 Å². The van der Waals surface area contributed by atoms with E-state index in [1.807, 2.05) is 20.8 Å². The van der Waals surface area contributed by atoms with Gasteiger partial charge in [0, 0.05) is 39.1 Å². The zero-order valence-corrected chi connectivity index (χ0v) is 13.9. The first-order valence-corrected chi connectivity index (χ1v) is 7.90. The molecule has 1 heterocycles. The lowest BCUT2D eigenvalue weighted by Gasteiger charge is -2.26. The molecule has 0 aromatic heterocycles. The summed E-state index contributed by atoms with van der Waals surface area (Å²) < 4.78 is 10.4. The Balaban J connectivity index is 1.98. The number of ether oxygens (including phenoxy) is 2. The van der Waals surface area contributed by atoms with Gasteiger partial charge in [-0.15, -0.1) is 0 Å². The zero-order chi connectivity index (χ0) is 16.4. The molecule has 128 valence electrons. The molecular weight excluding hydrogens is 286 g/mol. The average Bonchev–Trinajstić information content (AvgIpc) is 2.43. The third kappa shape index (κ3) is 9.57. The largest absolute Gasteiger partial charge is 0.444 e. The first-order valence-electron chi connectivity index (χ1n) is 7.90. The lowest BCUT2D eigenvalue weighted by atomic mass is 10.2. The molecule has 0 aromatic rings. The van der Waals surface area contributed by atoms with Gasteiger partial charge in [-0.05, 0) is 27.2 Å². The maximum atomic E-state index is 11.7. The highest BCUT2D eigenvalue weighted by molar-refractivity contribution is 5.75. The van der Waals surface area contributed by atoms with Crippen molar-refractivity contribution in [2.24, 2.45) is 0 Å². The number of alkyl carbamates (subject to hydrolysis) is 1. The van der Waals surface area contributed by atoms with Crippen LogP contribution >= 0.6 is 0 Å². The minimum atomic E-state index is -0.499. The van der Waals surface area contributed by atoms with Gasteiger partial charge in [-0.1, -0.05) is 0 Å². The summed E-state index contributed by atoms with van der Waals surface area (Å²) in [5, 5.41) is 5.53. The SMILES string of the molecule is CC(C)(C)OC(=O)NCCCC(=O)NCCN1CCOCC1. The van der Waals surface area contributed by atoms with Crippen LogP contribution < -0.4 is 10.6 Å². The second-order valence-corrected chi connectivity index (χ2v) is 6.34. The molecule has 0 radical (unpaired) electrons. The number of rotatable bonds is 7. The van der Waals surface area contributed by atoms with Crippen LogP contribution in [0, 0.1) is 0 Å². The third-order valence-electron chi connectivity index (χ3n) is 3.10. The molecule has 1 saturated heterocycles. The van der Waals surface area contributed by atoms with Gasteiger partial charge in [0.15, 0.2) is 0 Å². The molecule has 2 amide bonds. The maximum absolute atomic E-state index is 11.7. The normalized spacial score (nSPS) is 16.1. The molecule has 1 aliphatic heterocycles. The van der Waals surface area contributed by atoms with E-state index in [2.05, 4.69) is 15.5 Å². The van der Waals surface area contributed by atoms with Gasteiger partial charge in [-0.2, -0.15) is 0 Å². The number of nitrogens with one attached hydrogen (secondary N) is 2. The number of nitrogens with zero attached hydrogens (tertiary/aromatic N) is 1. The Morgan fingerprint density at radius 1 is 1.14 bits per heavy atom. The van der Waals surface area contributed by atoms with E-state index in [9.17, 15) is 9.59 Å². The van der Waals surface area contributed by atoms with E-state index >= 15 is 0 Å². The van der Waals surface area contributed by atoms with Crippen LogP contribution in [0.2, 0.25) is 0 Å². The fourth-order valence-electron chi connectivity index (χ4n) is 2.02. The van der Waals surface area contributed by atoms with Crippen molar-refractivity contribution in [3.8, 4) is 0 Å². The lowest BCUT2D eigenvalue weighted by molar-refractivity contribution is -0.121. The van der Waals surface area contributed by atoms with Crippen LogP contribution in [0.25, 0.3) is 0 Å². The summed E-state index contributed by atoms with van der Waals surface area (Å²) in [6.07, 6.45) is 0.557. The van der Waals surface area contributed by atoms with E-state index in [4.69, 9.17) is 9.47 Å². The average molecular weight is 315 g/mol. The summed E-state index contributed by atoms with van der Waals surface area (Å²) in [4.78, 5) is 25.3. The van der Waals surface area contributed by atoms with Gasteiger partial charge in [0.25, 0.3) is 0 Å². The first-order chi connectivity index (χ1) is 10.4. The predicted molar refractivity (Wildman–Crippen MR) is 83.7 cm³/mol. The van der Waals surface area contributed by atoms with Crippen LogP contribution in [-0.4, -0.2) is 68.4 Å². The Morgan fingerprint density at radius 2 is 1.82 bits per heavy atom. The fourth-order valence-corrected chi connectivity index (χ4v) is 2.02. The summed E-state index contributed by atoms with van der Waals surface area (Å²) in [5.74, 6) is 0.0132. The van der Waals surface area contributed by atoms with Gasteiger partial charge in [-0.3, -0.25) is 9.69 Å². The van der Waals surface area contributed by atoms with E-state index in [1.165, 1.54) is 0 Å². The molecule has 1 aliphatic rings. The van der Waals surface area contributed by atoms with E-state index in [0.29, 0.717) is 25.9 Å². The van der Waals surface area contributed by atoms with Crippen molar-refractivity contribution >= 4 is 12.0 Å². The van der Waals surface area contributed by atoms with Crippen LogP contribution in [0.5, 0.6) is 0 Å². The van der Waals surface area contributed by atoms with Gasteiger partial charge < -0.3 is 20.1 Å². The minimum absolute atomic E-state index is 0.0132. The minimum Gasteiger partial charge on any atom is -0.444 e. The fraction of sp³-hybridized carbons (Fsp3) is 0.867. The summed E-state index contributed by atoms with van der Waals surface area (Å²) in [5.41, 5.74) is -0.499. The Labute approximate surface area is 132 Å². The number of hydrogen-bond donors (Lipinski definition) is 2. The molecule has 0 aliphatic carbocycles. The summed E-state index contributed by atoms with van der Waals surface area (Å²) in [6.45, 7) is 10.8. The van der Waals surface area contributed by atoms with Crippen molar-refractivity contribution in [1.29, 1.82) is 0 Å². The number of amides is 2. The van der Waals surface area contributed by atoms with Crippen molar-refractivity contribution in [2.75, 3.05) is 45.9 Å². The monoisotopic (exact) mass is 315 g/mol. The number of hydrogen-bond acceptors (Lipinski definition) is 5. The third-order valence-corrected chi connectivity index (χ3v) is 3.10. The lowest BCUT2D eigenvalue weighted by Crippen LogP contribution is -2.41. The predicted octanol–water partition coefficient (Wildman–Crippen LogP) is 0.740. The van der Waals surface area contributed by atoms with Crippen molar-refractivity contribution in [3.63, 3.8) is 0 Å². The van der Waals surface area contributed by atoms with Crippen LogP contribution in [0.4, 0.5) is 4.79 Å². The molecule has 2 N–H and O–H groups in total. The Hall–Kier alpha value is -1.34. The summed E-state index contributed by atoms with van der Waals surface area (Å²) in [7, 11) is 0. The van der Waals surface area contributed by atoms with Gasteiger partial charge in [0.2, 0.25) is 5.91 Å². The second kappa shape index (κ2) is 9.63. The molecule has 0 bridgehead atoms. The summed E-state index contributed by atoms with van der Waals surface area (Å²) >= 11 is 0. The topological polar surface area (TPSA) is 79.9 Å². The number of carbonyl (C=O) groups is 2. The molecule has 0 atom stereocenters. The zero-order valence-electron chi connectivity index (χ0n) is 13.9. The summed E-state index contributed by atoms with van der Waals surface area (Å²) in [6, 6.07) is 0. The molecule has 7 heteroatoms. The molecule has 1 rings (SSSR count). The Bertz CT molecular complexity index is 349.